The van der Waals surface area contributed by atoms with Crippen molar-refractivity contribution in [3.63, 3.8) is 0 Å². The van der Waals surface area contributed by atoms with E-state index < -0.39 is 5.97 Å². The number of carbonyl (C=O) groups is 1. The number of aryl methyl sites for hydroxylation is 1. The van der Waals surface area contributed by atoms with Crippen LogP contribution >= 0.6 is 11.3 Å². The van der Waals surface area contributed by atoms with Gasteiger partial charge in [0.2, 0.25) is 11.4 Å². The van der Waals surface area contributed by atoms with E-state index in [-0.39, 0.29) is 6.54 Å². The van der Waals surface area contributed by atoms with Gasteiger partial charge in [0.05, 0.1) is 5.69 Å². The summed E-state index contributed by atoms with van der Waals surface area (Å²) in [6, 6.07) is 16.0. The maximum atomic E-state index is 11.3. The summed E-state index contributed by atoms with van der Waals surface area (Å²) in [5.41, 5.74) is 2.05. The highest BCUT2D eigenvalue weighted by molar-refractivity contribution is 7.18. The molecular weight excluding hydrogens is 420 g/mol. The molecule has 4 rings (SSSR count). The van der Waals surface area contributed by atoms with E-state index in [0.29, 0.717) is 11.6 Å². The fraction of sp³-hybridized carbons (Fsp3) is 0.231. The summed E-state index contributed by atoms with van der Waals surface area (Å²) in [7, 11) is 0. The highest BCUT2D eigenvalue weighted by atomic mass is 32.1. The van der Waals surface area contributed by atoms with Gasteiger partial charge in [0.15, 0.2) is 12.3 Å². The Balaban J connectivity index is 1.51. The fourth-order valence-corrected chi connectivity index (χ4v) is 4.84. The molecule has 5 nitrogen and oxygen atoms in total. The summed E-state index contributed by atoms with van der Waals surface area (Å²) in [5.74, 6) is 0.273. The van der Waals surface area contributed by atoms with Crippen molar-refractivity contribution in [2.24, 2.45) is 0 Å². The Kier molecular flexibility index (Phi) is 7.02. The second-order valence-electron chi connectivity index (χ2n) is 7.57. The zero-order chi connectivity index (χ0) is 22.3. The number of fused-ring (bicyclic) bond motifs is 2. The smallest absolute Gasteiger partial charge is 0.323 e. The number of hydrogen-bond donors (Lipinski definition) is 1. The van der Waals surface area contributed by atoms with Gasteiger partial charge in [0.1, 0.15) is 11.2 Å². The largest absolute Gasteiger partial charge is 0.480 e. The summed E-state index contributed by atoms with van der Waals surface area (Å²) < 4.78 is 9.53. The van der Waals surface area contributed by atoms with Crippen LogP contribution in [0.4, 0.5) is 5.69 Å². The maximum absolute atomic E-state index is 11.3. The molecule has 0 saturated heterocycles. The quantitative estimate of drug-likeness (QED) is 0.257. The Hall–Kier alpha value is -3.38. The van der Waals surface area contributed by atoms with E-state index in [9.17, 15) is 9.90 Å². The van der Waals surface area contributed by atoms with Gasteiger partial charge < -0.3 is 9.84 Å². The van der Waals surface area contributed by atoms with Crippen molar-refractivity contribution in [3.05, 3.63) is 83.7 Å². The van der Waals surface area contributed by atoms with Crippen molar-refractivity contribution in [1.29, 1.82) is 0 Å². The molecular formula is C26H27N2O3S+. The van der Waals surface area contributed by atoms with Gasteiger partial charge in [-0.15, -0.1) is 0 Å². The highest BCUT2D eigenvalue weighted by Crippen LogP contribution is 2.38. The first-order valence-electron chi connectivity index (χ1n) is 10.9. The van der Waals surface area contributed by atoms with Gasteiger partial charge in [0.25, 0.3) is 5.01 Å². The second-order valence-corrected chi connectivity index (χ2v) is 8.63. The third kappa shape index (κ3) is 4.92. The zero-order valence-electron chi connectivity index (χ0n) is 18.1. The first kappa shape index (κ1) is 21.8. The lowest BCUT2D eigenvalue weighted by Crippen LogP contribution is -2.34. The number of nitrogens with zero attached hydrogens (tertiary/aromatic N) is 2. The topological polar surface area (TPSA) is 53.7 Å². The average molecular weight is 448 g/mol. The number of unbranched alkanes of at least 4 members (excludes halogenated alkanes) is 2. The Labute approximate surface area is 192 Å². The van der Waals surface area contributed by atoms with Crippen molar-refractivity contribution in [3.8, 4) is 5.75 Å². The van der Waals surface area contributed by atoms with Crippen molar-refractivity contribution in [2.75, 3.05) is 11.4 Å². The molecule has 0 unspecified atom stereocenters. The molecule has 3 aromatic rings. The van der Waals surface area contributed by atoms with Crippen LogP contribution in [0, 0.1) is 0 Å². The van der Waals surface area contributed by atoms with E-state index in [0.717, 1.165) is 12.2 Å². The number of ether oxygens (including phenoxy) is 1. The molecule has 2 heterocycles. The lowest BCUT2D eigenvalue weighted by Gasteiger charge is -2.14. The van der Waals surface area contributed by atoms with Crippen LogP contribution in [0.1, 0.15) is 31.2 Å². The number of aliphatic carboxylic acids is 1. The molecule has 1 aromatic heterocycles. The van der Waals surface area contributed by atoms with E-state index in [1.54, 1.807) is 22.3 Å². The van der Waals surface area contributed by atoms with Crippen molar-refractivity contribution >= 4 is 39.3 Å². The van der Waals surface area contributed by atoms with Crippen LogP contribution in [-0.2, 0) is 11.3 Å². The normalized spacial score (nSPS) is 14.7. The van der Waals surface area contributed by atoms with Crippen molar-refractivity contribution < 1.29 is 19.2 Å². The van der Waals surface area contributed by atoms with Gasteiger partial charge in [-0.1, -0.05) is 67.2 Å². The molecule has 0 fully saturated rings. The number of allylic oxidation sites excluding steroid dienone is 4. The number of rotatable bonds is 9. The number of benzene rings is 2. The summed E-state index contributed by atoms with van der Waals surface area (Å²) >= 11 is 1.79. The van der Waals surface area contributed by atoms with Crippen LogP contribution in [0.15, 0.2) is 78.7 Å². The second kappa shape index (κ2) is 10.3. The van der Waals surface area contributed by atoms with Gasteiger partial charge in [-0.2, -0.15) is 4.57 Å². The van der Waals surface area contributed by atoms with Crippen LogP contribution in [0.25, 0.3) is 16.3 Å². The predicted molar refractivity (Wildman–Crippen MR) is 130 cm³/mol. The van der Waals surface area contributed by atoms with E-state index in [1.165, 1.54) is 34.5 Å². The van der Waals surface area contributed by atoms with Crippen molar-refractivity contribution in [2.45, 2.75) is 32.7 Å². The molecule has 0 bridgehead atoms. The number of thiazole rings is 1. The van der Waals surface area contributed by atoms with E-state index in [2.05, 4.69) is 41.8 Å². The molecule has 6 heteroatoms. The minimum Gasteiger partial charge on any atom is -0.480 e. The Morgan fingerprint density at radius 3 is 2.75 bits per heavy atom. The van der Waals surface area contributed by atoms with Gasteiger partial charge in [0, 0.05) is 18.6 Å². The first-order chi connectivity index (χ1) is 15.7. The Bertz CT molecular complexity index is 1190. The summed E-state index contributed by atoms with van der Waals surface area (Å²) in [4.78, 5) is 13.0. The average Bonchev–Trinajstić information content (AvgIpc) is 3.31. The Morgan fingerprint density at radius 2 is 1.91 bits per heavy atom. The van der Waals surface area contributed by atoms with Crippen LogP contribution in [0.2, 0.25) is 0 Å². The molecule has 0 saturated carbocycles. The van der Waals surface area contributed by atoms with Gasteiger partial charge in [-0.25, -0.2) is 0 Å². The standard InChI is InChI=1S/C26H26N2O3S/c1-2-3-11-18-27-21-13-8-10-15-23(21)32-25(27)17-6-4-5-16-24-28(19-26(29)30)20-12-7-9-14-22(20)31-24/h4-10,12-17H,2-3,11,18-19H2,1H3/p+1. The number of aromatic nitrogens is 1. The number of hydrogen-bond acceptors (Lipinski definition) is 4. The molecule has 0 spiro atoms. The molecule has 0 radical (unpaired) electrons. The minimum atomic E-state index is -0.905. The van der Waals surface area contributed by atoms with Gasteiger partial charge in [-0.3, -0.25) is 9.69 Å². The molecule has 164 valence electrons. The van der Waals surface area contributed by atoms with Crippen LogP contribution in [-0.4, -0.2) is 17.6 Å². The van der Waals surface area contributed by atoms with E-state index in [1.807, 2.05) is 42.5 Å². The first-order valence-corrected chi connectivity index (χ1v) is 11.7. The minimum absolute atomic E-state index is 0.147. The lowest BCUT2D eigenvalue weighted by atomic mass is 10.2. The maximum Gasteiger partial charge on any atom is 0.323 e. The summed E-state index contributed by atoms with van der Waals surface area (Å²) in [5, 5.41) is 10.5. The summed E-state index contributed by atoms with van der Waals surface area (Å²) in [6.07, 6.45) is 13.4. The molecule has 0 amide bonds. The molecule has 1 aliphatic rings. The molecule has 0 atom stereocenters. The highest BCUT2D eigenvalue weighted by Gasteiger charge is 2.27. The summed E-state index contributed by atoms with van der Waals surface area (Å²) in [6.45, 7) is 3.09. The monoisotopic (exact) mass is 447 g/mol. The van der Waals surface area contributed by atoms with E-state index in [4.69, 9.17) is 4.74 Å². The van der Waals surface area contributed by atoms with Crippen molar-refractivity contribution in [1.82, 2.24) is 0 Å². The van der Waals surface area contributed by atoms with Gasteiger partial charge in [-0.05, 0) is 30.7 Å². The number of para-hydroxylation sites is 3. The van der Waals surface area contributed by atoms with Gasteiger partial charge >= 0.3 is 5.97 Å². The number of carboxylic acids is 1. The van der Waals surface area contributed by atoms with Crippen LogP contribution in [0.3, 0.4) is 0 Å². The third-order valence-corrected chi connectivity index (χ3v) is 6.38. The lowest BCUT2D eigenvalue weighted by molar-refractivity contribution is -0.669. The zero-order valence-corrected chi connectivity index (χ0v) is 18.9. The number of carboxylic acid groups (broad SMARTS) is 1. The Morgan fingerprint density at radius 1 is 1.09 bits per heavy atom. The predicted octanol–water partition coefficient (Wildman–Crippen LogP) is 5.77. The SMILES string of the molecule is CCCCC[n+]1c(/C=C/C=C/C=C2\Oc3ccccc3N2CC(=O)O)sc2ccccc21. The third-order valence-electron chi connectivity index (χ3n) is 5.25. The molecule has 0 aliphatic carbocycles. The molecule has 1 aliphatic heterocycles. The van der Waals surface area contributed by atoms with Crippen LogP contribution in [0.5, 0.6) is 5.75 Å². The fourth-order valence-electron chi connectivity index (χ4n) is 3.74. The van der Waals surface area contributed by atoms with E-state index >= 15 is 0 Å². The van der Waals surface area contributed by atoms with Crippen LogP contribution < -0.4 is 14.2 Å². The molecule has 32 heavy (non-hydrogen) atoms. The number of anilines is 1. The molecule has 2 aromatic carbocycles. The molecule has 1 N–H and O–H groups in total.